The molecule has 1 atom stereocenters. The molecule has 0 N–H and O–H groups in total. The molecule has 3 rings (SSSR count). The van der Waals surface area contributed by atoms with Crippen LogP contribution >= 0.6 is 0 Å². The number of hydrogen-bond acceptors (Lipinski definition) is 3. The Bertz CT molecular complexity index is 768. The first kappa shape index (κ1) is 14.5. The van der Waals surface area contributed by atoms with Crippen LogP contribution in [0.2, 0.25) is 0 Å². The maximum atomic E-state index is 12.4. The molecule has 1 heterocycles. The lowest BCUT2D eigenvalue weighted by Gasteiger charge is -2.06. The molecule has 3 aromatic rings. The Labute approximate surface area is 131 Å². The van der Waals surface area contributed by atoms with Crippen molar-refractivity contribution >= 4 is 10.8 Å². The SMILES string of the molecule is COc1cccc(S(=O)Cc2ccc(-n3cccn3)cc2)c1. The van der Waals surface area contributed by atoms with Crippen molar-refractivity contribution in [3.63, 3.8) is 0 Å². The van der Waals surface area contributed by atoms with E-state index in [0.29, 0.717) is 5.75 Å². The third-order valence-corrected chi connectivity index (χ3v) is 4.68. The lowest BCUT2D eigenvalue weighted by molar-refractivity contribution is 0.413. The summed E-state index contributed by atoms with van der Waals surface area (Å²) < 4.78 is 19.4. The molecule has 0 bridgehead atoms. The normalized spacial score (nSPS) is 12.0. The minimum atomic E-state index is -1.09. The lowest BCUT2D eigenvalue weighted by Crippen LogP contribution is -1.98. The van der Waals surface area contributed by atoms with Crippen LogP contribution in [0.5, 0.6) is 5.75 Å². The van der Waals surface area contributed by atoms with Gasteiger partial charge in [-0.05, 0) is 42.0 Å². The second-order valence-corrected chi connectivity index (χ2v) is 6.24. The third kappa shape index (κ3) is 3.26. The van der Waals surface area contributed by atoms with Crippen molar-refractivity contribution in [3.8, 4) is 11.4 Å². The standard InChI is InChI=1S/C17H16N2O2S/c1-21-16-4-2-5-17(12-16)22(20)13-14-6-8-15(9-7-14)19-11-3-10-18-19/h2-12H,13H2,1H3. The summed E-state index contributed by atoms with van der Waals surface area (Å²) >= 11 is 0. The summed E-state index contributed by atoms with van der Waals surface area (Å²) in [6, 6.07) is 17.2. The van der Waals surface area contributed by atoms with Gasteiger partial charge in [0, 0.05) is 17.3 Å². The average Bonchev–Trinajstić information content (AvgIpc) is 3.10. The van der Waals surface area contributed by atoms with Crippen molar-refractivity contribution in [2.75, 3.05) is 7.11 Å². The Morgan fingerprint density at radius 1 is 1.14 bits per heavy atom. The molecule has 0 spiro atoms. The molecule has 112 valence electrons. The van der Waals surface area contributed by atoms with Crippen LogP contribution in [0.4, 0.5) is 0 Å². The maximum absolute atomic E-state index is 12.4. The van der Waals surface area contributed by atoms with Gasteiger partial charge in [0.1, 0.15) is 5.75 Å². The summed E-state index contributed by atoms with van der Waals surface area (Å²) in [6.45, 7) is 0. The predicted molar refractivity (Wildman–Crippen MR) is 86.7 cm³/mol. The van der Waals surface area contributed by atoms with Crippen molar-refractivity contribution < 1.29 is 8.95 Å². The van der Waals surface area contributed by atoms with Gasteiger partial charge < -0.3 is 4.74 Å². The van der Waals surface area contributed by atoms with Gasteiger partial charge in [-0.1, -0.05) is 18.2 Å². The van der Waals surface area contributed by atoms with E-state index in [0.717, 1.165) is 21.9 Å². The number of methoxy groups -OCH3 is 1. The van der Waals surface area contributed by atoms with Crippen LogP contribution in [-0.2, 0) is 16.6 Å². The Kier molecular flexibility index (Phi) is 4.34. The van der Waals surface area contributed by atoms with Crippen LogP contribution in [0, 0.1) is 0 Å². The zero-order chi connectivity index (χ0) is 15.4. The molecule has 0 radical (unpaired) electrons. The minimum Gasteiger partial charge on any atom is -0.497 e. The first-order valence-electron chi connectivity index (χ1n) is 6.87. The zero-order valence-corrected chi connectivity index (χ0v) is 13.0. The average molecular weight is 312 g/mol. The second kappa shape index (κ2) is 6.58. The fourth-order valence-corrected chi connectivity index (χ4v) is 3.28. The van der Waals surface area contributed by atoms with E-state index >= 15 is 0 Å². The Hall–Kier alpha value is -2.40. The van der Waals surface area contributed by atoms with Crippen molar-refractivity contribution in [2.45, 2.75) is 10.6 Å². The Morgan fingerprint density at radius 3 is 2.64 bits per heavy atom. The van der Waals surface area contributed by atoms with Gasteiger partial charge in [0.05, 0.1) is 29.3 Å². The van der Waals surface area contributed by atoms with Crippen molar-refractivity contribution in [1.82, 2.24) is 9.78 Å². The number of hydrogen-bond donors (Lipinski definition) is 0. The molecule has 0 aliphatic rings. The Balaban J connectivity index is 1.74. The highest BCUT2D eigenvalue weighted by Gasteiger charge is 2.07. The van der Waals surface area contributed by atoms with Crippen molar-refractivity contribution in [1.29, 1.82) is 0 Å². The molecular formula is C17H16N2O2S. The van der Waals surface area contributed by atoms with Crippen LogP contribution in [0.1, 0.15) is 5.56 Å². The molecule has 22 heavy (non-hydrogen) atoms. The fraction of sp³-hybridized carbons (Fsp3) is 0.118. The van der Waals surface area contributed by atoms with Crippen molar-refractivity contribution in [3.05, 3.63) is 72.6 Å². The number of aromatic nitrogens is 2. The highest BCUT2D eigenvalue weighted by molar-refractivity contribution is 7.84. The number of benzene rings is 2. The van der Waals surface area contributed by atoms with Gasteiger partial charge in [-0.15, -0.1) is 0 Å². The van der Waals surface area contributed by atoms with Crippen LogP contribution in [0.15, 0.2) is 71.9 Å². The summed E-state index contributed by atoms with van der Waals surface area (Å²) in [5, 5.41) is 4.19. The predicted octanol–water partition coefficient (Wildman–Crippen LogP) is 3.19. The van der Waals surface area contributed by atoms with E-state index in [2.05, 4.69) is 5.10 Å². The Morgan fingerprint density at radius 2 is 1.95 bits per heavy atom. The first-order valence-corrected chi connectivity index (χ1v) is 8.19. The molecular weight excluding hydrogens is 296 g/mol. The summed E-state index contributed by atoms with van der Waals surface area (Å²) in [5.41, 5.74) is 2.01. The topological polar surface area (TPSA) is 44.1 Å². The van der Waals surface area contributed by atoms with Crippen LogP contribution in [0.3, 0.4) is 0 Å². The van der Waals surface area contributed by atoms with E-state index in [1.807, 2.05) is 60.8 Å². The highest BCUT2D eigenvalue weighted by atomic mass is 32.2. The first-order chi connectivity index (χ1) is 10.8. The molecule has 1 aromatic heterocycles. The molecule has 0 aliphatic carbocycles. The number of ether oxygens (including phenoxy) is 1. The van der Waals surface area contributed by atoms with Gasteiger partial charge in [-0.25, -0.2) is 4.68 Å². The molecule has 0 amide bonds. The van der Waals surface area contributed by atoms with E-state index in [4.69, 9.17) is 4.74 Å². The largest absolute Gasteiger partial charge is 0.497 e. The molecule has 0 fully saturated rings. The molecule has 0 saturated heterocycles. The second-order valence-electron chi connectivity index (χ2n) is 4.79. The minimum absolute atomic E-state index is 0.479. The van der Waals surface area contributed by atoms with E-state index < -0.39 is 10.8 Å². The van der Waals surface area contributed by atoms with E-state index in [1.165, 1.54) is 0 Å². The van der Waals surface area contributed by atoms with Crippen LogP contribution < -0.4 is 4.74 Å². The lowest BCUT2D eigenvalue weighted by atomic mass is 10.2. The summed E-state index contributed by atoms with van der Waals surface area (Å²) in [5.74, 6) is 1.20. The smallest absolute Gasteiger partial charge is 0.120 e. The highest BCUT2D eigenvalue weighted by Crippen LogP contribution is 2.19. The van der Waals surface area contributed by atoms with E-state index in [-0.39, 0.29) is 0 Å². The molecule has 5 heteroatoms. The van der Waals surface area contributed by atoms with E-state index in [1.54, 1.807) is 18.0 Å². The maximum Gasteiger partial charge on any atom is 0.120 e. The van der Waals surface area contributed by atoms with Crippen LogP contribution in [-0.4, -0.2) is 21.1 Å². The zero-order valence-electron chi connectivity index (χ0n) is 12.2. The van der Waals surface area contributed by atoms with Crippen LogP contribution in [0.25, 0.3) is 5.69 Å². The number of nitrogens with zero attached hydrogens (tertiary/aromatic N) is 2. The summed E-state index contributed by atoms with van der Waals surface area (Å²) in [4.78, 5) is 0.774. The quantitative estimate of drug-likeness (QED) is 0.727. The van der Waals surface area contributed by atoms with Gasteiger partial charge in [0.25, 0.3) is 0 Å². The van der Waals surface area contributed by atoms with Gasteiger partial charge in [0.15, 0.2) is 0 Å². The fourth-order valence-electron chi connectivity index (χ4n) is 2.14. The monoisotopic (exact) mass is 312 g/mol. The van der Waals surface area contributed by atoms with Gasteiger partial charge in [-0.2, -0.15) is 5.10 Å². The van der Waals surface area contributed by atoms with Gasteiger partial charge in [0.2, 0.25) is 0 Å². The number of rotatable bonds is 5. The molecule has 2 aromatic carbocycles. The van der Waals surface area contributed by atoms with Gasteiger partial charge >= 0.3 is 0 Å². The third-order valence-electron chi connectivity index (χ3n) is 3.31. The molecule has 0 saturated carbocycles. The molecule has 0 aliphatic heterocycles. The molecule has 4 nitrogen and oxygen atoms in total. The van der Waals surface area contributed by atoms with Crippen molar-refractivity contribution in [2.24, 2.45) is 0 Å². The van der Waals surface area contributed by atoms with Gasteiger partial charge in [-0.3, -0.25) is 4.21 Å². The summed E-state index contributed by atoms with van der Waals surface area (Å²) in [6.07, 6.45) is 3.63. The summed E-state index contributed by atoms with van der Waals surface area (Å²) in [7, 11) is 0.515. The van der Waals surface area contributed by atoms with E-state index in [9.17, 15) is 4.21 Å². The molecule has 1 unspecified atom stereocenters.